The smallest absolute Gasteiger partial charge is 0.330 e. The van der Waals surface area contributed by atoms with Crippen LogP contribution in [0.4, 0.5) is 0 Å². The van der Waals surface area contributed by atoms with Crippen molar-refractivity contribution >= 4 is 57.1 Å². The quantitative estimate of drug-likeness (QED) is 0.208. The zero-order valence-corrected chi connectivity index (χ0v) is 20.5. The molecule has 0 aromatic rings. The second-order valence-electron chi connectivity index (χ2n) is 7.89. The Kier molecular flexibility index (Phi) is 7.34. The van der Waals surface area contributed by atoms with Gasteiger partial charge in [0, 0.05) is 16.1 Å². The Morgan fingerprint density at radius 1 is 1.18 bits per heavy atom. The van der Waals surface area contributed by atoms with E-state index in [-0.39, 0.29) is 13.2 Å². The van der Waals surface area contributed by atoms with Gasteiger partial charge < -0.3 is 19.7 Å². The highest BCUT2D eigenvalue weighted by Crippen LogP contribution is 2.46. The van der Waals surface area contributed by atoms with E-state index < -0.39 is 61.0 Å². The number of carbonyl (C=O) groups is 4. The van der Waals surface area contributed by atoms with Crippen LogP contribution in [-0.4, -0.2) is 83.5 Å². The first-order valence-corrected chi connectivity index (χ1v) is 13.3. The van der Waals surface area contributed by atoms with Gasteiger partial charge in [0.15, 0.2) is 15.2 Å². The average Bonchev–Trinajstić information content (AvgIpc) is 3.27. The van der Waals surface area contributed by atoms with Crippen LogP contribution in [0.3, 0.4) is 0 Å². The van der Waals surface area contributed by atoms with Gasteiger partial charge >= 0.3 is 11.9 Å². The molecule has 3 heterocycles. The lowest BCUT2D eigenvalue weighted by molar-refractivity contribution is -0.163. The Hall–Kier alpha value is -2.25. The third kappa shape index (κ3) is 4.45. The van der Waals surface area contributed by atoms with Gasteiger partial charge in [-0.3, -0.25) is 14.4 Å². The number of β-lactam (4-membered cyclic amide) rings is 1. The minimum Gasteiger partial charge on any atom is -0.461 e. The number of carbonyl (C=O) groups excluding carboxylic acids is 4. The number of hydrogen-bond acceptors (Lipinski definition) is 10. The maximum atomic E-state index is 13.1. The number of sulfone groups is 1. The number of nitrogens with zero attached hydrogens (tertiary/aromatic N) is 1. The Balaban J connectivity index is 1.69. The summed E-state index contributed by atoms with van der Waals surface area (Å²) in [6.45, 7) is 9.59. The summed E-state index contributed by atoms with van der Waals surface area (Å²) in [4.78, 5) is 50.6. The van der Waals surface area contributed by atoms with Crippen molar-refractivity contribution in [2.24, 2.45) is 0 Å². The van der Waals surface area contributed by atoms with Crippen molar-refractivity contribution in [1.82, 2.24) is 10.2 Å². The van der Waals surface area contributed by atoms with Crippen LogP contribution in [0.15, 0.2) is 35.6 Å². The number of esters is 2. The molecule has 180 valence electrons. The molecule has 3 fully saturated rings. The highest BCUT2D eigenvalue weighted by molar-refractivity contribution is 8.26. The van der Waals surface area contributed by atoms with Crippen molar-refractivity contribution in [3.63, 3.8) is 0 Å². The topological polar surface area (TPSA) is 136 Å². The Labute approximate surface area is 200 Å². The largest absolute Gasteiger partial charge is 0.461 e. The second-order valence-corrected chi connectivity index (χ2v) is 13.1. The number of hydrogen-bond donors (Lipinski definition) is 1. The Bertz CT molecular complexity index is 1040. The summed E-state index contributed by atoms with van der Waals surface area (Å²) in [7, 11) is -4.01. The standard InChI is InChI=1S/C20H24N2O8S3/c1-5-7-29-18(25)11-10-31-13(32-11)9-12(23)21-14-16(24)22-15(19(26)30-8-6-2)20(3,4)33(27,28)17(14)22/h5-6,9,11,14-15,17H,1-2,7-8,10H2,3-4H3,(H,21,23)/t11?,14-,15?,17+/m1/s1. The molecule has 0 radical (unpaired) electrons. The predicted molar refractivity (Wildman–Crippen MR) is 124 cm³/mol. The van der Waals surface area contributed by atoms with E-state index in [1.807, 2.05) is 0 Å². The zero-order valence-electron chi connectivity index (χ0n) is 18.0. The summed E-state index contributed by atoms with van der Waals surface area (Å²) >= 11 is 2.43. The van der Waals surface area contributed by atoms with Gasteiger partial charge in [-0.2, -0.15) is 0 Å². The van der Waals surface area contributed by atoms with Crippen LogP contribution < -0.4 is 5.32 Å². The number of rotatable bonds is 8. The molecule has 2 unspecified atom stereocenters. The zero-order chi connectivity index (χ0) is 24.6. The molecule has 1 N–H and O–H groups in total. The molecule has 33 heavy (non-hydrogen) atoms. The molecule has 3 saturated heterocycles. The third-order valence-electron chi connectivity index (χ3n) is 5.42. The molecule has 3 rings (SSSR count). The molecule has 0 spiro atoms. The van der Waals surface area contributed by atoms with E-state index >= 15 is 0 Å². The molecule has 4 atom stereocenters. The Morgan fingerprint density at radius 3 is 2.39 bits per heavy atom. The van der Waals surface area contributed by atoms with E-state index in [9.17, 15) is 27.6 Å². The summed E-state index contributed by atoms with van der Waals surface area (Å²) in [5, 5.41) is 0.584. The van der Waals surface area contributed by atoms with Crippen molar-refractivity contribution in [3.05, 3.63) is 35.6 Å². The first kappa shape index (κ1) is 25.4. The molecular formula is C20H24N2O8S3. The van der Waals surface area contributed by atoms with Crippen molar-refractivity contribution in [2.45, 2.75) is 41.3 Å². The SMILES string of the molecule is C=CCOC(=O)C1CSC(=CC(=O)N[C@@H]2C(=O)N3C(C(=O)OCC=C)C(C)(C)S(=O)(=O)[C@@H]23)S1. The molecule has 10 nitrogen and oxygen atoms in total. The molecule has 3 aliphatic heterocycles. The third-order valence-corrected chi connectivity index (χ3v) is 11.0. The van der Waals surface area contributed by atoms with Gasteiger partial charge in [-0.25, -0.2) is 13.2 Å². The van der Waals surface area contributed by atoms with Crippen molar-refractivity contribution in [1.29, 1.82) is 0 Å². The number of nitrogens with one attached hydrogen (secondary N) is 1. The fourth-order valence-corrected chi connectivity index (χ4v) is 8.51. The number of thioether (sulfide) groups is 2. The summed E-state index contributed by atoms with van der Waals surface area (Å²) in [5.41, 5.74) is 0. The molecule has 2 amide bonds. The van der Waals surface area contributed by atoms with Gasteiger partial charge in [0.1, 0.15) is 35.3 Å². The number of fused-ring (bicyclic) bond motifs is 1. The van der Waals surface area contributed by atoms with Crippen LogP contribution in [0.5, 0.6) is 0 Å². The second kappa shape index (κ2) is 9.55. The summed E-state index contributed by atoms with van der Waals surface area (Å²) in [6.07, 6.45) is 4.01. The number of amides is 2. The van der Waals surface area contributed by atoms with Crippen molar-refractivity contribution in [3.8, 4) is 0 Å². The molecule has 3 aliphatic rings. The normalized spacial score (nSPS) is 30.2. The number of ether oxygens (including phenoxy) is 2. The maximum Gasteiger partial charge on any atom is 0.330 e. The van der Waals surface area contributed by atoms with Crippen LogP contribution in [0, 0.1) is 0 Å². The summed E-state index contributed by atoms with van der Waals surface area (Å²) < 4.78 is 35.1. The molecule has 0 aromatic carbocycles. The average molecular weight is 517 g/mol. The van der Waals surface area contributed by atoms with E-state index in [1.54, 1.807) is 0 Å². The van der Waals surface area contributed by atoms with E-state index in [4.69, 9.17) is 9.47 Å². The minimum atomic E-state index is -4.01. The van der Waals surface area contributed by atoms with Crippen molar-refractivity contribution < 1.29 is 37.1 Å². The highest BCUT2D eigenvalue weighted by atomic mass is 32.2. The first-order valence-electron chi connectivity index (χ1n) is 9.89. The minimum absolute atomic E-state index is 0.0920. The van der Waals surface area contributed by atoms with E-state index in [0.717, 1.165) is 16.7 Å². The fourth-order valence-electron chi connectivity index (χ4n) is 3.74. The van der Waals surface area contributed by atoms with Crippen LogP contribution in [0.1, 0.15) is 13.8 Å². The molecule has 0 aromatic heterocycles. The van der Waals surface area contributed by atoms with Gasteiger partial charge in [0.2, 0.25) is 11.8 Å². The van der Waals surface area contributed by atoms with Gasteiger partial charge in [-0.1, -0.05) is 25.3 Å². The van der Waals surface area contributed by atoms with Crippen LogP contribution in [-0.2, 0) is 38.5 Å². The van der Waals surface area contributed by atoms with Gasteiger partial charge in [-0.05, 0) is 13.8 Å². The van der Waals surface area contributed by atoms with Crippen LogP contribution in [0.25, 0.3) is 0 Å². The molecule has 0 aliphatic carbocycles. The van der Waals surface area contributed by atoms with Gasteiger partial charge in [0.05, 0.1) is 0 Å². The summed E-state index contributed by atoms with van der Waals surface area (Å²) in [5.74, 6) is -2.21. The lowest BCUT2D eigenvalue weighted by Crippen LogP contribution is -2.72. The molecular weight excluding hydrogens is 492 g/mol. The lowest BCUT2D eigenvalue weighted by atomic mass is 9.96. The first-order chi connectivity index (χ1) is 15.5. The van der Waals surface area contributed by atoms with Gasteiger partial charge in [0.25, 0.3) is 0 Å². The predicted octanol–water partition coefficient (Wildman–Crippen LogP) is 0.364. The molecule has 0 bridgehead atoms. The molecule has 0 saturated carbocycles. The van der Waals surface area contributed by atoms with Gasteiger partial charge in [-0.15, -0.1) is 23.5 Å². The van der Waals surface area contributed by atoms with E-state index in [0.29, 0.717) is 9.99 Å². The monoisotopic (exact) mass is 516 g/mol. The summed E-state index contributed by atoms with van der Waals surface area (Å²) in [6, 6.07) is -2.64. The van der Waals surface area contributed by atoms with E-state index in [1.165, 1.54) is 43.8 Å². The van der Waals surface area contributed by atoms with Crippen LogP contribution >= 0.6 is 23.5 Å². The lowest BCUT2D eigenvalue weighted by Gasteiger charge is -2.42. The highest BCUT2D eigenvalue weighted by Gasteiger charge is 2.72. The van der Waals surface area contributed by atoms with E-state index in [2.05, 4.69) is 18.5 Å². The maximum absolute atomic E-state index is 13.1. The molecule has 13 heteroatoms. The Morgan fingerprint density at radius 2 is 1.79 bits per heavy atom. The van der Waals surface area contributed by atoms with Crippen LogP contribution in [0.2, 0.25) is 0 Å². The fraction of sp³-hybridized carbons (Fsp3) is 0.500. The van der Waals surface area contributed by atoms with Crippen molar-refractivity contribution in [2.75, 3.05) is 19.0 Å².